The van der Waals surface area contributed by atoms with Crippen molar-refractivity contribution >= 4 is 47.8 Å². The van der Waals surface area contributed by atoms with Crippen LogP contribution in [0.2, 0.25) is 0 Å². The largest absolute Gasteiger partial charge is 0.346 e. The molecule has 3 rings (SSSR count). The molecule has 0 aromatic heterocycles. The zero-order chi connectivity index (χ0) is 16.0. The minimum absolute atomic E-state index is 0.0598. The van der Waals surface area contributed by atoms with E-state index in [0.29, 0.717) is 19.1 Å². The van der Waals surface area contributed by atoms with Crippen LogP contribution in [0, 0.1) is 5.41 Å². The van der Waals surface area contributed by atoms with Gasteiger partial charge in [0, 0.05) is 5.41 Å². The number of alkyl halides is 3. The fraction of sp³-hybridized carbons (Fsp3) is 0.647. The second-order valence-electron chi connectivity index (χ2n) is 7.13. The Morgan fingerprint density at radius 3 is 2.18 bits per heavy atom. The fourth-order valence-electron chi connectivity index (χ4n) is 3.23. The minimum atomic E-state index is -0.673. The number of ether oxygens (including phenoxy) is 2. The van der Waals surface area contributed by atoms with Crippen LogP contribution in [-0.4, -0.2) is 27.1 Å². The third-order valence-corrected chi connectivity index (χ3v) is 7.27. The molecule has 0 N–H and O–H groups in total. The van der Waals surface area contributed by atoms with Crippen LogP contribution in [0.15, 0.2) is 30.3 Å². The van der Waals surface area contributed by atoms with E-state index in [1.807, 2.05) is 0 Å². The zero-order valence-corrected chi connectivity index (χ0v) is 17.6. The highest BCUT2D eigenvalue weighted by atomic mass is 79.9. The lowest BCUT2D eigenvalue weighted by Crippen LogP contribution is -2.64. The van der Waals surface area contributed by atoms with Crippen LogP contribution in [0.5, 0.6) is 0 Å². The van der Waals surface area contributed by atoms with E-state index in [1.54, 1.807) is 0 Å². The molecule has 122 valence electrons. The number of benzene rings is 1. The lowest BCUT2D eigenvalue weighted by atomic mass is 9.79. The van der Waals surface area contributed by atoms with Gasteiger partial charge in [0.2, 0.25) is 5.79 Å². The van der Waals surface area contributed by atoms with Crippen molar-refractivity contribution in [3.05, 3.63) is 35.9 Å². The molecule has 1 saturated carbocycles. The summed E-state index contributed by atoms with van der Waals surface area (Å²) in [5, 5.41) is 0. The smallest absolute Gasteiger partial charge is 0.206 e. The molecule has 0 bridgehead atoms. The lowest BCUT2D eigenvalue weighted by Gasteiger charge is -2.55. The van der Waals surface area contributed by atoms with Gasteiger partial charge in [-0.15, -0.1) is 0 Å². The maximum atomic E-state index is 6.27. The molecule has 1 aliphatic heterocycles. The van der Waals surface area contributed by atoms with Crippen LogP contribution in [-0.2, 0) is 9.47 Å². The molecule has 1 saturated heterocycles. The van der Waals surface area contributed by atoms with Crippen LogP contribution in [0.4, 0.5) is 0 Å². The molecule has 0 unspecified atom stereocenters. The van der Waals surface area contributed by atoms with Crippen LogP contribution >= 0.6 is 47.8 Å². The maximum absolute atomic E-state index is 6.27. The molecule has 1 aromatic rings. The molecule has 1 aromatic carbocycles. The highest BCUT2D eigenvalue weighted by molar-refractivity contribution is 9.25. The highest BCUT2D eigenvalue weighted by Gasteiger charge is 2.62. The van der Waals surface area contributed by atoms with E-state index in [2.05, 4.69) is 92.0 Å². The van der Waals surface area contributed by atoms with Gasteiger partial charge in [-0.05, 0) is 24.3 Å². The van der Waals surface area contributed by atoms with Crippen molar-refractivity contribution in [2.24, 2.45) is 5.41 Å². The second-order valence-corrected chi connectivity index (χ2v) is 12.0. The minimum Gasteiger partial charge on any atom is -0.346 e. The summed E-state index contributed by atoms with van der Waals surface area (Å²) in [5.74, 6) is -0.217. The van der Waals surface area contributed by atoms with Crippen LogP contribution in [0.1, 0.15) is 38.2 Å². The molecular weight excluding hydrogens is 476 g/mol. The molecule has 2 fully saturated rings. The summed E-state index contributed by atoms with van der Waals surface area (Å²) < 4.78 is 12.1. The standard InChI is InChI=1S/C17H21Br3O2/c1-15(2)10-21-17(22-11-15)14(18)8-13(9-16(17,19)20)12-6-4-3-5-7-12/h3-7,13-14H,8-11H2,1-2H3/t13-,14-/m0/s1. The molecule has 1 aliphatic carbocycles. The number of rotatable bonds is 1. The Hall–Kier alpha value is 0.580. The van der Waals surface area contributed by atoms with Crippen LogP contribution in [0.3, 0.4) is 0 Å². The van der Waals surface area contributed by atoms with E-state index in [-0.39, 0.29) is 10.2 Å². The Balaban J connectivity index is 1.84. The van der Waals surface area contributed by atoms with Crippen LogP contribution in [0.25, 0.3) is 0 Å². The average Bonchev–Trinajstić information content (AvgIpc) is 2.46. The van der Waals surface area contributed by atoms with Crippen molar-refractivity contribution in [2.45, 2.75) is 46.5 Å². The van der Waals surface area contributed by atoms with Gasteiger partial charge < -0.3 is 9.47 Å². The second kappa shape index (κ2) is 6.14. The molecule has 0 amide bonds. The van der Waals surface area contributed by atoms with E-state index in [4.69, 9.17) is 9.47 Å². The van der Waals surface area contributed by atoms with Crippen LogP contribution < -0.4 is 0 Å². The number of hydrogen-bond donors (Lipinski definition) is 0. The normalized spacial score (nSPS) is 32.8. The first kappa shape index (κ1) is 17.4. The predicted octanol–water partition coefficient (Wildman–Crippen LogP) is 5.58. The van der Waals surface area contributed by atoms with Gasteiger partial charge >= 0.3 is 0 Å². The van der Waals surface area contributed by atoms with Gasteiger partial charge in [-0.2, -0.15) is 0 Å². The lowest BCUT2D eigenvalue weighted by molar-refractivity contribution is -0.306. The van der Waals surface area contributed by atoms with Gasteiger partial charge in [0.05, 0.1) is 18.0 Å². The Morgan fingerprint density at radius 2 is 1.64 bits per heavy atom. The number of hydrogen-bond acceptors (Lipinski definition) is 2. The summed E-state index contributed by atoms with van der Waals surface area (Å²) in [4.78, 5) is 0.119. The molecule has 0 radical (unpaired) electrons. The van der Waals surface area contributed by atoms with Crippen molar-refractivity contribution in [3.63, 3.8) is 0 Å². The Labute approximate surface area is 157 Å². The van der Waals surface area contributed by atoms with Gasteiger partial charge in [0.25, 0.3) is 0 Å². The third-order valence-electron chi connectivity index (χ3n) is 4.54. The first-order valence-electron chi connectivity index (χ1n) is 7.61. The van der Waals surface area contributed by atoms with Gasteiger partial charge in [-0.3, -0.25) is 0 Å². The Morgan fingerprint density at radius 1 is 1.05 bits per heavy atom. The SMILES string of the molecule is CC1(C)COC2(OC1)[C@@H](Br)C[C@H](c1ccccc1)CC2(Br)Br. The van der Waals surface area contributed by atoms with Gasteiger partial charge in [-0.25, -0.2) is 0 Å². The average molecular weight is 497 g/mol. The first-order chi connectivity index (χ1) is 10.3. The summed E-state index contributed by atoms with van der Waals surface area (Å²) in [6, 6.07) is 10.7. The predicted molar refractivity (Wildman–Crippen MR) is 100 cm³/mol. The third kappa shape index (κ3) is 3.08. The van der Waals surface area contributed by atoms with Crippen molar-refractivity contribution < 1.29 is 9.47 Å². The summed E-state index contributed by atoms with van der Waals surface area (Å²) in [5.41, 5.74) is 1.42. The first-order valence-corrected chi connectivity index (χ1v) is 10.1. The summed E-state index contributed by atoms with van der Waals surface area (Å²) in [6.07, 6.45) is 1.91. The molecule has 5 heteroatoms. The summed E-state index contributed by atoms with van der Waals surface area (Å²) in [6.45, 7) is 5.74. The van der Waals surface area contributed by atoms with E-state index < -0.39 is 9.02 Å². The van der Waals surface area contributed by atoms with Crippen molar-refractivity contribution in [2.75, 3.05) is 13.2 Å². The summed E-state index contributed by atoms with van der Waals surface area (Å²) >= 11 is 11.6. The molecule has 2 aliphatic rings. The topological polar surface area (TPSA) is 18.5 Å². The van der Waals surface area contributed by atoms with E-state index in [9.17, 15) is 0 Å². The maximum Gasteiger partial charge on any atom is 0.206 e. The quantitative estimate of drug-likeness (QED) is 0.472. The Bertz CT molecular complexity index is 520. The van der Waals surface area contributed by atoms with Crippen molar-refractivity contribution in [3.8, 4) is 0 Å². The number of halogens is 3. The monoisotopic (exact) mass is 494 g/mol. The van der Waals surface area contributed by atoms with Gasteiger partial charge in [-0.1, -0.05) is 92.0 Å². The van der Waals surface area contributed by atoms with E-state index in [0.717, 1.165) is 12.8 Å². The van der Waals surface area contributed by atoms with Gasteiger partial charge in [0.15, 0.2) is 0 Å². The van der Waals surface area contributed by atoms with Crippen molar-refractivity contribution in [1.29, 1.82) is 0 Å². The Kier molecular flexibility index (Phi) is 4.86. The summed E-state index contributed by atoms with van der Waals surface area (Å²) in [7, 11) is 0. The molecule has 1 heterocycles. The molecule has 1 spiro atoms. The fourth-order valence-corrected chi connectivity index (χ4v) is 6.74. The molecular formula is C17H21Br3O2. The highest BCUT2D eigenvalue weighted by Crippen LogP contribution is 2.58. The zero-order valence-electron chi connectivity index (χ0n) is 12.8. The van der Waals surface area contributed by atoms with Crippen molar-refractivity contribution in [1.82, 2.24) is 0 Å². The molecule has 22 heavy (non-hydrogen) atoms. The van der Waals surface area contributed by atoms with E-state index in [1.165, 1.54) is 5.56 Å². The van der Waals surface area contributed by atoms with E-state index >= 15 is 0 Å². The van der Waals surface area contributed by atoms with Gasteiger partial charge in [0.1, 0.15) is 3.23 Å². The molecule has 2 nitrogen and oxygen atoms in total. The molecule has 2 atom stereocenters.